The maximum absolute atomic E-state index is 14.2. The summed E-state index contributed by atoms with van der Waals surface area (Å²) in [5.41, 5.74) is 7.59. The van der Waals surface area contributed by atoms with E-state index in [1.54, 1.807) is 30.3 Å². The Hall–Kier alpha value is -4.86. The van der Waals surface area contributed by atoms with Gasteiger partial charge in [-0.05, 0) is 47.0 Å². The number of halogens is 2. The van der Waals surface area contributed by atoms with Crippen molar-refractivity contribution in [2.75, 3.05) is 13.2 Å². The van der Waals surface area contributed by atoms with E-state index in [0.717, 1.165) is 28.8 Å². The van der Waals surface area contributed by atoms with Crippen molar-refractivity contribution in [1.82, 2.24) is 10.9 Å². The number of rotatable bonds is 13. The van der Waals surface area contributed by atoms with Crippen molar-refractivity contribution in [3.05, 3.63) is 138 Å². The number of ether oxygens (including phenoxy) is 2. The van der Waals surface area contributed by atoms with Gasteiger partial charge in [0.1, 0.15) is 17.4 Å². The number of aliphatic hydroxyl groups excluding tert-OH is 1. The molecule has 0 unspecified atom stereocenters. The standard InChI is InChI=1S/C35H33F2N3O4/c1-2-19-35(34(42)40-38-23-28-13-16-29(36)22-31(28)37)32(26-11-9-25(10-12-26)24-7-4-3-5-8-24)44-33(39-35)27-14-17-30(18-15-27)43-21-6-20-41/h2-5,7-18,22,32,38,41H,1,6,19-21,23H2,(H,40,42)/t32-,35-/m0/s1. The number of carbonyl (C=O) groups excluding carboxylic acids is 1. The van der Waals surface area contributed by atoms with Crippen molar-refractivity contribution in [3.63, 3.8) is 0 Å². The Balaban J connectivity index is 1.44. The average Bonchev–Trinajstić information content (AvgIpc) is 3.44. The second-order valence-electron chi connectivity index (χ2n) is 10.3. The number of benzene rings is 4. The summed E-state index contributed by atoms with van der Waals surface area (Å²) in [6.07, 6.45) is 1.45. The number of nitrogens with zero attached hydrogens (tertiary/aromatic N) is 1. The molecule has 4 aromatic rings. The average molecular weight is 598 g/mol. The molecule has 0 spiro atoms. The van der Waals surface area contributed by atoms with E-state index in [9.17, 15) is 13.6 Å². The number of aliphatic hydroxyl groups is 1. The highest BCUT2D eigenvalue weighted by molar-refractivity contribution is 6.01. The van der Waals surface area contributed by atoms with Gasteiger partial charge in [-0.1, -0.05) is 66.7 Å². The molecule has 0 bridgehead atoms. The molecule has 5 rings (SSSR count). The Morgan fingerprint density at radius 3 is 2.36 bits per heavy atom. The lowest BCUT2D eigenvalue weighted by atomic mass is 9.84. The predicted molar refractivity (Wildman–Crippen MR) is 165 cm³/mol. The zero-order valence-electron chi connectivity index (χ0n) is 24.0. The van der Waals surface area contributed by atoms with Gasteiger partial charge in [-0.25, -0.2) is 19.2 Å². The van der Waals surface area contributed by atoms with Crippen LogP contribution in [-0.4, -0.2) is 35.7 Å². The Bertz CT molecular complexity index is 1610. The number of carbonyl (C=O) groups is 1. The maximum atomic E-state index is 14.2. The first-order valence-corrected chi connectivity index (χ1v) is 14.3. The molecule has 1 aliphatic rings. The molecule has 2 atom stereocenters. The molecular weight excluding hydrogens is 564 g/mol. The third-order valence-electron chi connectivity index (χ3n) is 7.30. The van der Waals surface area contributed by atoms with E-state index in [0.29, 0.717) is 24.3 Å². The van der Waals surface area contributed by atoms with Crippen LogP contribution in [0.25, 0.3) is 11.1 Å². The summed E-state index contributed by atoms with van der Waals surface area (Å²) in [7, 11) is 0. The van der Waals surface area contributed by atoms with Gasteiger partial charge in [-0.3, -0.25) is 10.2 Å². The van der Waals surface area contributed by atoms with Crippen LogP contribution >= 0.6 is 0 Å². The van der Waals surface area contributed by atoms with E-state index in [1.165, 1.54) is 6.07 Å². The predicted octanol–water partition coefficient (Wildman–Crippen LogP) is 6.05. The molecule has 9 heteroatoms. The highest BCUT2D eigenvalue weighted by atomic mass is 19.1. The summed E-state index contributed by atoms with van der Waals surface area (Å²) < 4.78 is 39.6. The van der Waals surface area contributed by atoms with Crippen LogP contribution in [0, 0.1) is 11.6 Å². The Kier molecular flexibility index (Phi) is 9.79. The first kappa shape index (κ1) is 30.6. The number of hydrogen-bond donors (Lipinski definition) is 3. The first-order valence-electron chi connectivity index (χ1n) is 14.3. The Morgan fingerprint density at radius 1 is 0.977 bits per heavy atom. The van der Waals surface area contributed by atoms with Gasteiger partial charge in [-0.15, -0.1) is 6.58 Å². The van der Waals surface area contributed by atoms with Crippen molar-refractivity contribution < 1.29 is 28.2 Å². The van der Waals surface area contributed by atoms with Gasteiger partial charge in [-0.2, -0.15) is 0 Å². The van der Waals surface area contributed by atoms with Gasteiger partial charge in [0.15, 0.2) is 11.6 Å². The lowest BCUT2D eigenvalue weighted by molar-refractivity contribution is -0.129. The number of hydrogen-bond acceptors (Lipinski definition) is 6. The molecule has 44 heavy (non-hydrogen) atoms. The van der Waals surface area contributed by atoms with Gasteiger partial charge < -0.3 is 14.6 Å². The van der Waals surface area contributed by atoms with Crippen LogP contribution in [0.3, 0.4) is 0 Å². The minimum Gasteiger partial charge on any atom is -0.494 e. The zero-order valence-corrected chi connectivity index (χ0v) is 24.0. The topological polar surface area (TPSA) is 92.2 Å². The van der Waals surface area contributed by atoms with Crippen LogP contribution < -0.4 is 15.6 Å². The van der Waals surface area contributed by atoms with E-state index < -0.39 is 29.2 Å². The summed E-state index contributed by atoms with van der Waals surface area (Å²) in [6.45, 7) is 4.23. The summed E-state index contributed by atoms with van der Waals surface area (Å²) >= 11 is 0. The van der Waals surface area contributed by atoms with Gasteiger partial charge in [0.25, 0.3) is 5.91 Å². The van der Waals surface area contributed by atoms with Crippen molar-refractivity contribution >= 4 is 11.8 Å². The normalized spacial score (nSPS) is 17.4. The molecule has 226 valence electrons. The van der Waals surface area contributed by atoms with Gasteiger partial charge in [0.05, 0.1) is 6.61 Å². The van der Waals surface area contributed by atoms with Crippen molar-refractivity contribution in [1.29, 1.82) is 0 Å². The third kappa shape index (κ3) is 6.85. The van der Waals surface area contributed by atoms with Gasteiger partial charge in [0, 0.05) is 43.2 Å². The smallest absolute Gasteiger partial charge is 0.266 e. The molecule has 1 heterocycles. The molecule has 7 nitrogen and oxygen atoms in total. The lowest BCUT2D eigenvalue weighted by Crippen LogP contribution is -2.52. The van der Waals surface area contributed by atoms with Crippen LogP contribution in [0.15, 0.2) is 115 Å². The summed E-state index contributed by atoms with van der Waals surface area (Å²) in [5, 5.41) is 9.01. The van der Waals surface area contributed by atoms with Crippen molar-refractivity contribution in [3.8, 4) is 16.9 Å². The number of nitrogens with one attached hydrogen (secondary N) is 2. The van der Waals surface area contributed by atoms with Crippen LogP contribution in [-0.2, 0) is 16.1 Å². The molecule has 0 fully saturated rings. The minimum atomic E-state index is -1.45. The number of amides is 1. The molecule has 4 aromatic carbocycles. The van der Waals surface area contributed by atoms with Crippen molar-refractivity contribution in [2.24, 2.45) is 4.99 Å². The SMILES string of the molecule is C=CC[C@]1(C(=O)NNCc2ccc(F)cc2F)N=C(c2ccc(OCCCO)cc2)O[C@H]1c1ccc(-c2ccccc2)cc1. The molecule has 0 saturated carbocycles. The molecule has 0 radical (unpaired) electrons. The fraction of sp³-hybridized carbons (Fsp3) is 0.200. The first-order chi connectivity index (χ1) is 21.4. The highest BCUT2D eigenvalue weighted by Gasteiger charge is 2.52. The van der Waals surface area contributed by atoms with E-state index in [4.69, 9.17) is 19.6 Å². The Morgan fingerprint density at radius 2 is 1.68 bits per heavy atom. The van der Waals surface area contributed by atoms with Crippen LogP contribution in [0.2, 0.25) is 0 Å². The van der Waals surface area contributed by atoms with Gasteiger partial charge >= 0.3 is 0 Å². The fourth-order valence-corrected chi connectivity index (χ4v) is 5.01. The summed E-state index contributed by atoms with van der Waals surface area (Å²) in [6, 6.07) is 28.1. The van der Waals surface area contributed by atoms with E-state index >= 15 is 0 Å². The zero-order chi connectivity index (χ0) is 30.9. The second kappa shape index (κ2) is 14.1. The van der Waals surface area contributed by atoms with Gasteiger partial charge in [0.2, 0.25) is 5.90 Å². The molecule has 3 N–H and O–H groups in total. The van der Waals surface area contributed by atoms with Crippen LogP contribution in [0.4, 0.5) is 8.78 Å². The van der Waals surface area contributed by atoms with E-state index in [2.05, 4.69) is 17.4 Å². The fourth-order valence-electron chi connectivity index (χ4n) is 5.01. The number of aliphatic imine (C=N–C) groups is 1. The Labute approximate surface area is 254 Å². The molecule has 0 aromatic heterocycles. The molecule has 0 saturated heterocycles. The van der Waals surface area contributed by atoms with Crippen LogP contribution in [0.1, 0.15) is 35.6 Å². The number of hydrazine groups is 1. The highest BCUT2D eigenvalue weighted by Crippen LogP contribution is 2.43. The molecular formula is C35H33F2N3O4. The summed E-state index contributed by atoms with van der Waals surface area (Å²) in [4.78, 5) is 18.8. The van der Waals surface area contributed by atoms with E-state index in [-0.39, 0.29) is 31.0 Å². The molecule has 1 aliphatic heterocycles. The quantitative estimate of drug-likeness (QED) is 0.0992. The summed E-state index contributed by atoms with van der Waals surface area (Å²) in [5.74, 6) is -1.02. The second-order valence-corrected chi connectivity index (χ2v) is 10.3. The van der Waals surface area contributed by atoms with E-state index in [1.807, 2.05) is 54.6 Å². The minimum absolute atomic E-state index is 0.0393. The van der Waals surface area contributed by atoms with Crippen molar-refractivity contribution in [2.45, 2.75) is 31.0 Å². The van der Waals surface area contributed by atoms with Crippen LogP contribution in [0.5, 0.6) is 5.75 Å². The maximum Gasteiger partial charge on any atom is 0.266 e. The molecule has 0 aliphatic carbocycles. The largest absolute Gasteiger partial charge is 0.494 e. The monoisotopic (exact) mass is 597 g/mol. The molecule has 1 amide bonds. The third-order valence-corrected chi connectivity index (χ3v) is 7.30. The lowest BCUT2D eigenvalue weighted by Gasteiger charge is -2.29.